The number of carbonyl (C=O) groups excluding carboxylic acids is 1. The van der Waals surface area contributed by atoms with Crippen molar-refractivity contribution >= 4 is 17.7 Å². The number of amides is 1. The Labute approximate surface area is 190 Å². The van der Waals surface area contributed by atoms with Crippen LogP contribution in [0.3, 0.4) is 0 Å². The summed E-state index contributed by atoms with van der Waals surface area (Å²) in [5.41, 5.74) is 3.66. The van der Waals surface area contributed by atoms with Crippen molar-refractivity contribution < 1.29 is 4.79 Å². The van der Waals surface area contributed by atoms with Gasteiger partial charge in [-0.15, -0.1) is 0 Å². The molecule has 2 aromatic carbocycles. The van der Waals surface area contributed by atoms with Gasteiger partial charge in [-0.1, -0.05) is 60.7 Å². The Morgan fingerprint density at radius 3 is 2.00 bits per heavy atom. The minimum atomic E-state index is -0.0934. The first-order valence-corrected chi connectivity index (χ1v) is 11.4. The molecule has 4 rings (SSSR count). The largest absolute Gasteiger partial charge is 0.359 e. The molecule has 2 heterocycles. The molecule has 166 valence electrons. The fourth-order valence-electron chi connectivity index (χ4n) is 4.15. The van der Waals surface area contributed by atoms with Crippen LogP contribution < -0.4 is 10.2 Å². The van der Waals surface area contributed by atoms with Gasteiger partial charge in [0.05, 0.1) is 12.6 Å². The quantitative estimate of drug-likeness (QED) is 0.552. The fourth-order valence-corrected chi connectivity index (χ4v) is 4.15. The molecule has 1 aliphatic heterocycles. The van der Waals surface area contributed by atoms with Crippen LogP contribution in [0, 0.1) is 0 Å². The zero-order chi connectivity index (χ0) is 22.7. The number of carbonyl (C=O) groups is 1. The average molecular weight is 430 g/mol. The molecule has 1 aromatic heterocycles. The molecule has 0 saturated carbocycles. The number of hydrogen-bond acceptors (Lipinski definition) is 5. The van der Waals surface area contributed by atoms with E-state index in [1.54, 1.807) is 0 Å². The van der Waals surface area contributed by atoms with Gasteiger partial charge in [0.1, 0.15) is 11.5 Å². The summed E-state index contributed by atoms with van der Waals surface area (Å²) >= 11 is 0. The highest BCUT2D eigenvalue weighted by molar-refractivity contribution is 5.98. The van der Waals surface area contributed by atoms with Crippen LogP contribution in [0.15, 0.2) is 60.7 Å². The highest BCUT2D eigenvalue weighted by atomic mass is 16.2. The molecule has 0 saturated heterocycles. The standard InChI is InChI=1S/C26H31N5O/c1-5-30(6-2)26-28-23-21(17-31(18(3)4)25(23)32)24(29-26)27-22(19-13-9-7-10-14-19)20-15-11-8-12-16-20/h7-16,18,22H,5-6,17H2,1-4H3,(H,27,28,29). The summed E-state index contributed by atoms with van der Waals surface area (Å²) < 4.78 is 0. The van der Waals surface area contributed by atoms with Gasteiger partial charge in [-0.3, -0.25) is 4.79 Å². The fraction of sp³-hybridized carbons (Fsp3) is 0.346. The third-order valence-electron chi connectivity index (χ3n) is 6.00. The van der Waals surface area contributed by atoms with Gasteiger partial charge in [0.15, 0.2) is 0 Å². The van der Waals surface area contributed by atoms with Gasteiger partial charge in [0.25, 0.3) is 5.91 Å². The highest BCUT2D eigenvalue weighted by Gasteiger charge is 2.35. The van der Waals surface area contributed by atoms with E-state index in [4.69, 9.17) is 9.97 Å². The Morgan fingerprint density at radius 2 is 1.50 bits per heavy atom. The Hall–Kier alpha value is -3.41. The van der Waals surface area contributed by atoms with Gasteiger partial charge < -0.3 is 15.1 Å². The van der Waals surface area contributed by atoms with Crippen molar-refractivity contribution in [2.24, 2.45) is 0 Å². The van der Waals surface area contributed by atoms with Crippen LogP contribution in [-0.4, -0.2) is 39.9 Å². The first-order valence-electron chi connectivity index (χ1n) is 11.4. The molecule has 0 aliphatic carbocycles. The SMILES string of the molecule is CCN(CC)c1nc(NC(c2ccccc2)c2ccccc2)c2c(n1)C(=O)N(C(C)C)C2. The number of benzene rings is 2. The second kappa shape index (κ2) is 9.39. The summed E-state index contributed by atoms with van der Waals surface area (Å²) in [6, 6.07) is 20.7. The minimum absolute atomic E-state index is 0.0233. The first-order chi connectivity index (χ1) is 15.5. The molecule has 6 heteroatoms. The van der Waals surface area contributed by atoms with Gasteiger partial charge in [-0.2, -0.15) is 4.98 Å². The zero-order valence-corrected chi connectivity index (χ0v) is 19.2. The lowest BCUT2D eigenvalue weighted by atomic mass is 9.98. The third-order valence-corrected chi connectivity index (χ3v) is 6.00. The van der Waals surface area contributed by atoms with Crippen LogP contribution in [0.2, 0.25) is 0 Å². The van der Waals surface area contributed by atoms with Gasteiger partial charge >= 0.3 is 0 Å². The molecule has 1 N–H and O–H groups in total. The summed E-state index contributed by atoms with van der Waals surface area (Å²) in [6.07, 6.45) is 0. The predicted molar refractivity (Wildman–Crippen MR) is 129 cm³/mol. The Kier molecular flexibility index (Phi) is 6.40. The van der Waals surface area contributed by atoms with Crippen molar-refractivity contribution in [1.82, 2.24) is 14.9 Å². The van der Waals surface area contributed by atoms with Crippen molar-refractivity contribution in [1.29, 1.82) is 0 Å². The number of rotatable bonds is 8. The maximum atomic E-state index is 13.2. The lowest BCUT2D eigenvalue weighted by Crippen LogP contribution is -2.31. The predicted octanol–water partition coefficient (Wildman–Crippen LogP) is 4.89. The van der Waals surface area contributed by atoms with Crippen LogP contribution in [-0.2, 0) is 6.54 Å². The van der Waals surface area contributed by atoms with E-state index >= 15 is 0 Å². The van der Waals surface area contributed by atoms with Crippen molar-refractivity contribution in [3.63, 3.8) is 0 Å². The number of nitrogens with zero attached hydrogens (tertiary/aromatic N) is 4. The lowest BCUT2D eigenvalue weighted by molar-refractivity contribution is 0.0726. The number of anilines is 2. The van der Waals surface area contributed by atoms with Crippen LogP contribution in [0.25, 0.3) is 0 Å². The van der Waals surface area contributed by atoms with Gasteiger partial charge in [-0.05, 0) is 38.8 Å². The number of nitrogens with one attached hydrogen (secondary N) is 1. The Balaban J connectivity index is 1.83. The van der Waals surface area contributed by atoms with E-state index in [0.717, 1.165) is 35.6 Å². The maximum absolute atomic E-state index is 13.2. The molecular formula is C26H31N5O. The molecule has 0 fully saturated rings. The van der Waals surface area contributed by atoms with Crippen molar-refractivity contribution in [3.05, 3.63) is 83.0 Å². The van der Waals surface area contributed by atoms with E-state index in [1.807, 2.05) is 55.1 Å². The molecular weight excluding hydrogens is 398 g/mol. The number of fused-ring (bicyclic) bond motifs is 1. The third kappa shape index (κ3) is 4.17. The maximum Gasteiger partial charge on any atom is 0.273 e. The summed E-state index contributed by atoms with van der Waals surface area (Å²) in [7, 11) is 0. The number of aromatic nitrogens is 2. The normalized spacial score (nSPS) is 13.1. The molecule has 0 bridgehead atoms. The van der Waals surface area contributed by atoms with Gasteiger partial charge in [0.2, 0.25) is 5.95 Å². The highest BCUT2D eigenvalue weighted by Crippen LogP contribution is 2.34. The molecule has 1 aliphatic rings. The van der Waals surface area contributed by atoms with E-state index in [0.29, 0.717) is 18.2 Å². The smallest absolute Gasteiger partial charge is 0.273 e. The number of hydrogen-bond donors (Lipinski definition) is 1. The van der Waals surface area contributed by atoms with Crippen LogP contribution >= 0.6 is 0 Å². The van der Waals surface area contributed by atoms with E-state index in [9.17, 15) is 4.79 Å². The topological polar surface area (TPSA) is 61.4 Å². The lowest BCUT2D eigenvalue weighted by Gasteiger charge is -2.24. The average Bonchev–Trinajstić information content (AvgIpc) is 3.16. The zero-order valence-electron chi connectivity index (χ0n) is 19.2. The van der Waals surface area contributed by atoms with Gasteiger partial charge in [-0.25, -0.2) is 4.98 Å². The van der Waals surface area contributed by atoms with E-state index in [-0.39, 0.29) is 18.0 Å². The second-order valence-corrected chi connectivity index (χ2v) is 8.30. The van der Waals surface area contributed by atoms with E-state index in [2.05, 4.69) is 48.3 Å². The van der Waals surface area contributed by atoms with Crippen LogP contribution in [0.4, 0.5) is 11.8 Å². The molecule has 6 nitrogen and oxygen atoms in total. The molecule has 0 unspecified atom stereocenters. The van der Waals surface area contributed by atoms with Crippen LogP contribution in [0.1, 0.15) is 60.9 Å². The molecule has 3 aromatic rings. The first kappa shape index (κ1) is 21.8. The molecule has 0 radical (unpaired) electrons. The minimum Gasteiger partial charge on any atom is -0.359 e. The summed E-state index contributed by atoms with van der Waals surface area (Å²) in [6.45, 7) is 10.3. The Bertz CT molecular complexity index is 1020. The summed E-state index contributed by atoms with van der Waals surface area (Å²) in [4.78, 5) is 26.7. The Morgan fingerprint density at radius 1 is 0.938 bits per heavy atom. The van der Waals surface area contributed by atoms with Gasteiger partial charge in [0, 0.05) is 24.7 Å². The second-order valence-electron chi connectivity index (χ2n) is 8.30. The van der Waals surface area contributed by atoms with Crippen molar-refractivity contribution in [3.8, 4) is 0 Å². The van der Waals surface area contributed by atoms with E-state index < -0.39 is 0 Å². The van der Waals surface area contributed by atoms with E-state index in [1.165, 1.54) is 0 Å². The van der Waals surface area contributed by atoms with Crippen molar-refractivity contribution in [2.75, 3.05) is 23.3 Å². The summed E-state index contributed by atoms with van der Waals surface area (Å²) in [5.74, 6) is 1.30. The van der Waals surface area contributed by atoms with Crippen LogP contribution in [0.5, 0.6) is 0 Å². The molecule has 0 spiro atoms. The van der Waals surface area contributed by atoms with Crippen molar-refractivity contribution in [2.45, 2.75) is 46.3 Å². The molecule has 1 amide bonds. The summed E-state index contributed by atoms with van der Waals surface area (Å²) in [5, 5.41) is 3.68. The monoisotopic (exact) mass is 429 g/mol. The molecule has 0 atom stereocenters. The molecule has 32 heavy (non-hydrogen) atoms.